The number of methoxy groups -OCH3 is 1. The van der Waals surface area contributed by atoms with Gasteiger partial charge in [0.1, 0.15) is 35.9 Å². The number of amides is 1. The fraction of sp³-hybridized carbons (Fsp3) is 0.406. The third kappa shape index (κ3) is 7.38. The van der Waals surface area contributed by atoms with E-state index >= 15 is 0 Å². The minimum absolute atomic E-state index is 0.208. The van der Waals surface area contributed by atoms with Gasteiger partial charge in [-0.25, -0.2) is 15.0 Å². The molecule has 256 valence electrons. The molecular formula is C32H39N7O8S. The molecule has 0 radical (unpaired) electrons. The van der Waals surface area contributed by atoms with Gasteiger partial charge in [-0.1, -0.05) is 24.3 Å². The summed E-state index contributed by atoms with van der Waals surface area (Å²) < 4.78 is 17.7. The maximum atomic E-state index is 13.6. The van der Waals surface area contributed by atoms with Crippen LogP contribution in [0, 0.1) is 0 Å². The van der Waals surface area contributed by atoms with Crippen molar-refractivity contribution in [1.82, 2.24) is 24.4 Å². The van der Waals surface area contributed by atoms with Crippen molar-refractivity contribution in [3.63, 3.8) is 0 Å². The summed E-state index contributed by atoms with van der Waals surface area (Å²) in [6.07, 6.45) is -2.34. The van der Waals surface area contributed by atoms with E-state index in [9.17, 15) is 19.8 Å². The number of imidazole rings is 1. The van der Waals surface area contributed by atoms with E-state index in [2.05, 4.69) is 15.0 Å². The zero-order chi connectivity index (χ0) is 34.5. The lowest BCUT2D eigenvalue weighted by Crippen LogP contribution is -2.45. The van der Waals surface area contributed by atoms with E-state index in [1.165, 1.54) is 24.1 Å². The van der Waals surface area contributed by atoms with Gasteiger partial charge in [0.15, 0.2) is 23.8 Å². The molecule has 0 unspecified atom stereocenters. The first kappa shape index (κ1) is 35.0. The largest absolute Gasteiger partial charge is 0.497 e. The number of aliphatic hydroxyl groups excluding tert-OH is 3. The first-order chi connectivity index (χ1) is 23.0. The molecule has 4 aromatic rings. The molecule has 0 saturated carbocycles. The number of para-hydroxylation sites is 1. The highest BCUT2D eigenvalue weighted by molar-refractivity contribution is 7.99. The lowest BCUT2D eigenvalue weighted by Gasteiger charge is -2.28. The lowest BCUT2D eigenvalue weighted by atomic mass is 10.1. The van der Waals surface area contributed by atoms with Gasteiger partial charge in [-0.2, -0.15) is 0 Å². The number of thioether (sulfide) groups is 1. The van der Waals surface area contributed by atoms with Crippen LogP contribution in [0.2, 0.25) is 0 Å². The van der Waals surface area contributed by atoms with Crippen LogP contribution in [0.15, 0.2) is 66.1 Å². The third-order valence-corrected chi connectivity index (χ3v) is 9.25. The zero-order valence-electron chi connectivity index (χ0n) is 26.9. The fourth-order valence-electron chi connectivity index (χ4n) is 5.40. The van der Waals surface area contributed by atoms with Gasteiger partial charge in [0.25, 0.3) is 5.91 Å². The SMILES string of the molecule is COc1ccc([C@@H]2Sc3ccccc3N(CCN(C)C)C(=O)[C@@H]2OC(C)=O)cc1.Nc1ncnc2c1ncn2[C@@H]1O[C@H](CO)[C@@H](O)[C@H]1O. The Kier molecular flexibility index (Phi) is 11.1. The molecule has 2 aromatic heterocycles. The van der Waals surface area contributed by atoms with Gasteiger partial charge in [0.05, 0.1) is 31.0 Å². The minimum atomic E-state index is -1.19. The number of nitrogen functional groups attached to an aromatic ring is 1. The number of benzene rings is 2. The third-order valence-electron chi connectivity index (χ3n) is 7.88. The van der Waals surface area contributed by atoms with E-state index in [4.69, 9.17) is 25.1 Å². The number of ether oxygens (including phenoxy) is 3. The number of carbonyl (C=O) groups is 2. The van der Waals surface area contributed by atoms with E-state index in [1.54, 1.807) is 23.8 Å². The topological polar surface area (TPSA) is 199 Å². The van der Waals surface area contributed by atoms with Gasteiger partial charge >= 0.3 is 5.97 Å². The van der Waals surface area contributed by atoms with Crippen molar-refractivity contribution in [3.05, 3.63) is 66.7 Å². The summed E-state index contributed by atoms with van der Waals surface area (Å²) in [6, 6.07) is 15.4. The van der Waals surface area contributed by atoms with Crippen molar-refractivity contribution in [2.75, 3.05) is 51.5 Å². The normalized spacial score (nSPS) is 23.8. The highest BCUT2D eigenvalue weighted by atomic mass is 32.2. The number of hydrogen-bond donors (Lipinski definition) is 4. The Labute approximate surface area is 281 Å². The molecule has 6 rings (SSSR count). The van der Waals surface area contributed by atoms with Crippen LogP contribution in [-0.4, -0.2) is 117 Å². The molecule has 6 atom stereocenters. The molecule has 1 saturated heterocycles. The Hall–Kier alpha value is -4.32. The molecule has 2 aliphatic heterocycles. The van der Waals surface area contributed by atoms with Crippen LogP contribution in [-0.2, 0) is 19.1 Å². The number of nitrogens with zero attached hydrogens (tertiary/aromatic N) is 6. The highest BCUT2D eigenvalue weighted by Crippen LogP contribution is 2.47. The molecule has 0 spiro atoms. The zero-order valence-corrected chi connectivity index (χ0v) is 27.7. The van der Waals surface area contributed by atoms with Crippen LogP contribution < -0.4 is 15.4 Å². The van der Waals surface area contributed by atoms with E-state index in [1.807, 2.05) is 67.5 Å². The smallest absolute Gasteiger partial charge is 0.303 e. The number of fused-ring (bicyclic) bond motifs is 2. The van der Waals surface area contributed by atoms with Crippen molar-refractivity contribution < 1.29 is 39.1 Å². The summed E-state index contributed by atoms with van der Waals surface area (Å²) in [6.45, 7) is 2.16. The van der Waals surface area contributed by atoms with E-state index in [-0.39, 0.29) is 17.0 Å². The Balaban J connectivity index is 0.000000204. The number of anilines is 2. The highest BCUT2D eigenvalue weighted by Gasteiger charge is 2.44. The second-order valence-corrected chi connectivity index (χ2v) is 12.6. The van der Waals surface area contributed by atoms with Crippen molar-refractivity contribution in [1.29, 1.82) is 0 Å². The number of likely N-dealkylation sites (N-methyl/N-ethyl adjacent to an activating group) is 1. The molecule has 1 amide bonds. The molecule has 0 bridgehead atoms. The van der Waals surface area contributed by atoms with Crippen LogP contribution in [0.25, 0.3) is 11.2 Å². The molecule has 2 aromatic carbocycles. The molecule has 0 aliphatic carbocycles. The molecule has 16 heteroatoms. The predicted molar refractivity (Wildman–Crippen MR) is 177 cm³/mol. The van der Waals surface area contributed by atoms with Gasteiger partial charge in [-0.05, 0) is 43.9 Å². The van der Waals surface area contributed by atoms with Gasteiger partial charge in [0, 0.05) is 24.9 Å². The monoisotopic (exact) mass is 681 g/mol. The standard InChI is InChI=1S/C22H26N2O4S.C10H13N5O4/c1-15(25)28-20-21(16-9-11-17(27-4)12-10-16)29-19-8-6-5-7-18(19)24(22(20)26)14-13-23(2)3;11-8-5-9(13-2-12-8)15(3-14-5)10-7(18)6(17)4(1-16)19-10/h5-12,20-21H,13-14H2,1-4H3;2-4,6-7,10,16-18H,1H2,(H2,11,12,13)/t20-,21+;4-,6-,7-,10-/m11/s1. The molecule has 15 nitrogen and oxygen atoms in total. The summed E-state index contributed by atoms with van der Waals surface area (Å²) in [5.41, 5.74) is 8.19. The Morgan fingerprint density at radius 3 is 2.46 bits per heavy atom. The summed E-state index contributed by atoms with van der Waals surface area (Å²) >= 11 is 1.54. The number of aliphatic hydroxyl groups is 3. The van der Waals surface area contributed by atoms with Gasteiger partial charge in [-0.3, -0.25) is 14.2 Å². The van der Waals surface area contributed by atoms with E-state index in [0.29, 0.717) is 24.3 Å². The Morgan fingerprint density at radius 1 is 1.08 bits per heavy atom. The van der Waals surface area contributed by atoms with Crippen molar-refractivity contribution in [3.8, 4) is 5.75 Å². The quantitative estimate of drug-likeness (QED) is 0.195. The maximum Gasteiger partial charge on any atom is 0.303 e. The Morgan fingerprint density at radius 2 is 1.81 bits per heavy atom. The van der Waals surface area contributed by atoms with Crippen LogP contribution in [0.1, 0.15) is 24.0 Å². The molecule has 2 aliphatic rings. The maximum absolute atomic E-state index is 13.6. The number of carbonyl (C=O) groups excluding carboxylic acids is 2. The first-order valence-electron chi connectivity index (χ1n) is 15.1. The number of esters is 1. The number of nitrogens with two attached hydrogens (primary N) is 1. The molecule has 5 N–H and O–H groups in total. The molecule has 48 heavy (non-hydrogen) atoms. The van der Waals surface area contributed by atoms with Gasteiger partial charge in [-0.15, -0.1) is 11.8 Å². The van der Waals surface area contributed by atoms with Crippen LogP contribution in [0.5, 0.6) is 5.75 Å². The summed E-state index contributed by atoms with van der Waals surface area (Å²) in [7, 11) is 5.54. The minimum Gasteiger partial charge on any atom is -0.497 e. The van der Waals surface area contributed by atoms with E-state index in [0.717, 1.165) is 21.9 Å². The van der Waals surface area contributed by atoms with E-state index < -0.39 is 43.2 Å². The van der Waals surface area contributed by atoms with Crippen molar-refractivity contribution in [2.45, 2.75) is 47.7 Å². The fourth-order valence-corrected chi connectivity index (χ4v) is 6.72. The number of hydrogen-bond acceptors (Lipinski definition) is 14. The van der Waals surface area contributed by atoms with Crippen molar-refractivity contribution in [2.24, 2.45) is 0 Å². The number of aromatic nitrogens is 4. The van der Waals surface area contributed by atoms with Crippen LogP contribution >= 0.6 is 11.8 Å². The Bertz CT molecular complexity index is 1720. The molecule has 1 fully saturated rings. The van der Waals surface area contributed by atoms with Crippen LogP contribution in [0.4, 0.5) is 11.5 Å². The summed E-state index contributed by atoms with van der Waals surface area (Å²) in [4.78, 5) is 42.1. The molecular weight excluding hydrogens is 642 g/mol. The van der Waals surface area contributed by atoms with Gasteiger partial charge in [0.2, 0.25) is 0 Å². The molecule has 4 heterocycles. The summed E-state index contributed by atoms with van der Waals surface area (Å²) in [5.74, 6) is 0.271. The van der Waals surface area contributed by atoms with Crippen LogP contribution in [0.3, 0.4) is 0 Å². The second kappa shape index (κ2) is 15.3. The summed E-state index contributed by atoms with van der Waals surface area (Å²) in [5, 5.41) is 28.4. The van der Waals surface area contributed by atoms with Crippen molar-refractivity contribution >= 4 is 46.3 Å². The average molecular weight is 682 g/mol. The lowest BCUT2D eigenvalue weighted by molar-refractivity contribution is -0.152. The van der Waals surface area contributed by atoms with Gasteiger partial charge < -0.3 is 45.1 Å². The number of rotatable bonds is 8. The predicted octanol–water partition coefficient (Wildman–Crippen LogP) is 1.39. The second-order valence-electron chi connectivity index (χ2n) is 11.4. The first-order valence-corrected chi connectivity index (χ1v) is 16.0. The average Bonchev–Trinajstić information content (AvgIpc) is 3.60.